The van der Waals surface area contributed by atoms with Crippen molar-refractivity contribution < 1.29 is 13.9 Å². The van der Waals surface area contributed by atoms with Crippen molar-refractivity contribution in [3.8, 4) is 5.75 Å². The molecular weight excluding hydrogens is 257 g/mol. The molecule has 0 amide bonds. The molecule has 1 aliphatic heterocycles. The summed E-state index contributed by atoms with van der Waals surface area (Å²) in [5, 5.41) is 3.44. The molecule has 1 aliphatic rings. The van der Waals surface area contributed by atoms with E-state index in [4.69, 9.17) is 9.47 Å². The van der Waals surface area contributed by atoms with Gasteiger partial charge < -0.3 is 14.8 Å². The quantitative estimate of drug-likeness (QED) is 0.869. The van der Waals surface area contributed by atoms with Gasteiger partial charge in [-0.3, -0.25) is 0 Å². The van der Waals surface area contributed by atoms with Crippen molar-refractivity contribution in [2.45, 2.75) is 26.2 Å². The smallest absolute Gasteiger partial charge is 0.165 e. The lowest BCUT2D eigenvalue weighted by molar-refractivity contribution is 0.0151. The normalized spacial score (nSPS) is 17.9. The molecule has 1 N–H and O–H groups in total. The van der Waals surface area contributed by atoms with E-state index in [-0.39, 0.29) is 11.2 Å². The lowest BCUT2D eigenvalue weighted by atomic mass is 9.75. The van der Waals surface area contributed by atoms with Crippen molar-refractivity contribution in [1.29, 1.82) is 0 Å². The van der Waals surface area contributed by atoms with E-state index in [1.54, 1.807) is 12.1 Å². The van der Waals surface area contributed by atoms with E-state index in [0.29, 0.717) is 5.75 Å². The lowest BCUT2D eigenvalue weighted by Gasteiger charge is -2.37. The fourth-order valence-corrected chi connectivity index (χ4v) is 2.86. The van der Waals surface area contributed by atoms with Gasteiger partial charge in [0.1, 0.15) is 0 Å². The summed E-state index contributed by atoms with van der Waals surface area (Å²) in [6.45, 7) is 5.62. The highest BCUT2D eigenvalue weighted by atomic mass is 19.1. The summed E-state index contributed by atoms with van der Waals surface area (Å²) in [6.07, 6.45) is 2.92. The first-order valence-electron chi connectivity index (χ1n) is 7.30. The molecule has 0 aromatic heterocycles. The minimum atomic E-state index is -0.282. The number of benzene rings is 1. The molecular formula is C16H24FNO2. The van der Waals surface area contributed by atoms with E-state index in [2.05, 4.69) is 12.2 Å². The van der Waals surface area contributed by atoms with Gasteiger partial charge in [0.05, 0.1) is 7.11 Å². The van der Waals surface area contributed by atoms with Crippen LogP contribution < -0.4 is 10.1 Å². The summed E-state index contributed by atoms with van der Waals surface area (Å²) in [4.78, 5) is 0. The fraction of sp³-hybridized carbons (Fsp3) is 0.625. The van der Waals surface area contributed by atoms with Crippen LogP contribution in [0.4, 0.5) is 4.39 Å². The van der Waals surface area contributed by atoms with Crippen molar-refractivity contribution in [3.05, 3.63) is 29.6 Å². The van der Waals surface area contributed by atoms with E-state index in [1.807, 2.05) is 6.07 Å². The third-order valence-electron chi connectivity index (χ3n) is 4.10. The number of hydrogen-bond donors (Lipinski definition) is 1. The minimum absolute atomic E-state index is 0.176. The average molecular weight is 281 g/mol. The molecule has 20 heavy (non-hydrogen) atoms. The van der Waals surface area contributed by atoms with E-state index in [0.717, 1.165) is 51.1 Å². The van der Waals surface area contributed by atoms with Crippen LogP contribution in [0.25, 0.3) is 0 Å². The third kappa shape index (κ3) is 3.70. The van der Waals surface area contributed by atoms with Gasteiger partial charge in [0.15, 0.2) is 11.6 Å². The molecule has 0 bridgehead atoms. The standard InChI is InChI=1S/C16H24FNO2/c1-3-18-12-16(6-8-20-9-7-16)11-13-4-5-15(19-2)14(17)10-13/h4-5,10,18H,3,6-9,11-12H2,1-2H3. The first-order chi connectivity index (χ1) is 9.69. The van der Waals surface area contributed by atoms with Gasteiger partial charge in [-0.25, -0.2) is 4.39 Å². The van der Waals surface area contributed by atoms with Crippen LogP contribution in [0.15, 0.2) is 18.2 Å². The molecule has 0 atom stereocenters. The number of halogens is 1. The Morgan fingerprint density at radius 2 is 2.10 bits per heavy atom. The number of hydrogen-bond acceptors (Lipinski definition) is 3. The van der Waals surface area contributed by atoms with Gasteiger partial charge in [-0.1, -0.05) is 13.0 Å². The molecule has 1 aromatic carbocycles. The Morgan fingerprint density at radius 3 is 2.70 bits per heavy atom. The van der Waals surface area contributed by atoms with Gasteiger partial charge in [0.25, 0.3) is 0 Å². The van der Waals surface area contributed by atoms with Gasteiger partial charge in [-0.15, -0.1) is 0 Å². The molecule has 3 nitrogen and oxygen atoms in total. The van der Waals surface area contributed by atoms with Gasteiger partial charge in [-0.05, 0) is 48.9 Å². The molecule has 1 heterocycles. The summed E-state index contributed by atoms with van der Waals surface area (Å²) in [5.41, 5.74) is 1.21. The summed E-state index contributed by atoms with van der Waals surface area (Å²) < 4.78 is 24.3. The maximum Gasteiger partial charge on any atom is 0.165 e. The Morgan fingerprint density at radius 1 is 1.35 bits per heavy atom. The van der Waals surface area contributed by atoms with E-state index >= 15 is 0 Å². The SMILES string of the molecule is CCNCC1(Cc2ccc(OC)c(F)c2)CCOCC1. The van der Waals surface area contributed by atoms with Crippen LogP contribution in [0.3, 0.4) is 0 Å². The third-order valence-corrected chi connectivity index (χ3v) is 4.10. The maximum atomic E-state index is 13.8. The predicted octanol–water partition coefficient (Wildman–Crippen LogP) is 2.78. The van der Waals surface area contributed by atoms with E-state index in [9.17, 15) is 4.39 Å². The summed E-state index contributed by atoms with van der Waals surface area (Å²) in [7, 11) is 1.49. The molecule has 0 radical (unpaired) electrons. The highest BCUT2D eigenvalue weighted by Gasteiger charge is 2.32. The number of nitrogens with one attached hydrogen (secondary N) is 1. The van der Waals surface area contributed by atoms with Crippen molar-refractivity contribution in [2.24, 2.45) is 5.41 Å². The molecule has 1 fully saturated rings. The zero-order chi connectivity index (χ0) is 14.4. The lowest BCUT2D eigenvalue weighted by Crippen LogP contribution is -2.40. The van der Waals surface area contributed by atoms with Crippen LogP contribution in [-0.2, 0) is 11.2 Å². The van der Waals surface area contributed by atoms with Crippen LogP contribution in [0.5, 0.6) is 5.75 Å². The molecule has 1 aromatic rings. The van der Waals surface area contributed by atoms with Gasteiger partial charge in [-0.2, -0.15) is 0 Å². The Bertz CT molecular complexity index is 430. The summed E-state index contributed by atoms with van der Waals surface area (Å²) >= 11 is 0. The largest absolute Gasteiger partial charge is 0.494 e. The van der Waals surface area contributed by atoms with Crippen LogP contribution in [-0.4, -0.2) is 33.4 Å². The molecule has 4 heteroatoms. The molecule has 0 unspecified atom stereocenters. The summed E-state index contributed by atoms with van der Waals surface area (Å²) in [6, 6.07) is 5.28. The monoisotopic (exact) mass is 281 g/mol. The first kappa shape index (κ1) is 15.3. The first-order valence-corrected chi connectivity index (χ1v) is 7.30. The topological polar surface area (TPSA) is 30.5 Å². The van der Waals surface area contributed by atoms with Crippen LogP contribution >= 0.6 is 0 Å². The van der Waals surface area contributed by atoms with Gasteiger partial charge in [0, 0.05) is 19.8 Å². The Balaban J connectivity index is 2.12. The van der Waals surface area contributed by atoms with Crippen molar-refractivity contribution >= 4 is 0 Å². The molecule has 0 aliphatic carbocycles. The number of rotatable bonds is 6. The van der Waals surface area contributed by atoms with E-state index in [1.165, 1.54) is 7.11 Å². The van der Waals surface area contributed by atoms with Crippen LogP contribution in [0.1, 0.15) is 25.3 Å². The molecule has 112 valence electrons. The predicted molar refractivity (Wildman–Crippen MR) is 77.7 cm³/mol. The Hall–Kier alpha value is -1.13. The average Bonchev–Trinajstić information content (AvgIpc) is 2.46. The highest BCUT2D eigenvalue weighted by Crippen LogP contribution is 2.34. The van der Waals surface area contributed by atoms with Gasteiger partial charge in [0.2, 0.25) is 0 Å². The number of methoxy groups -OCH3 is 1. The number of ether oxygens (including phenoxy) is 2. The summed E-state index contributed by atoms with van der Waals surface area (Å²) in [5.74, 6) is 0.0251. The molecule has 1 saturated heterocycles. The molecule has 0 spiro atoms. The van der Waals surface area contributed by atoms with Crippen molar-refractivity contribution in [3.63, 3.8) is 0 Å². The second-order valence-corrected chi connectivity index (χ2v) is 5.54. The van der Waals surface area contributed by atoms with Crippen LogP contribution in [0.2, 0.25) is 0 Å². The Kier molecular flexibility index (Phi) is 5.38. The van der Waals surface area contributed by atoms with Gasteiger partial charge >= 0.3 is 0 Å². The molecule has 2 rings (SSSR count). The maximum absolute atomic E-state index is 13.8. The van der Waals surface area contributed by atoms with E-state index < -0.39 is 0 Å². The Labute approximate surface area is 120 Å². The second-order valence-electron chi connectivity index (χ2n) is 5.54. The van der Waals surface area contributed by atoms with Crippen molar-refractivity contribution in [1.82, 2.24) is 5.32 Å². The van der Waals surface area contributed by atoms with Crippen LogP contribution in [0, 0.1) is 11.2 Å². The fourth-order valence-electron chi connectivity index (χ4n) is 2.86. The highest BCUT2D eigenvalue weighted by molar-refractivity contribution is 5.30. The zero-order valence-electron chi connectivity index (χ0n) is 12.4. The zero-order valence-corrected chi connectivity index (χ0v) is 12.4. The molecule has 0 saturated carbocycles. The minimum Gasteiger partial charge on any atom is -0.494 e. The second kappa shape index (κ2) is 7.04. The van der Waals surface area contributed by atoms with Crippen molar-refractivity contribution in [2.75, 3.05) is 33.4 Å².